The van der Waals surface area contributed by atoms with Crippen LogP contribution in [0.3, 0.4) is 0 Å². The summed E-state index contributed by atoms with van der Waals surface area (Å²) in [5, 5.41) is 10.9. The van der Waals surface area contributed by atoms with E-state index in [1.807, 2.05) is 32.9 Å². The van der Waals surface area contributed by atoms with Crippen molar-refractivity contribution in [2.75, 3.05) is 13.2 Å². The predicted molar refractivity (Wildman–Crippen MR) is 110 cm³/mol. The topological polar surface area (TPSA) is 79.7 Å². The number of rotatable bonds is 7. The minimum atomic E-state index is -0.672. The van der Waals surface area contributed by atoms with Gasteiger partial charge in [0, 0.05) is 31.1 Å². The summed E-state index contributed by atoms with van der Waals surface area (Å²) >= 11 is 0. The fraction of sp³-hybridized carbons (Fsp3) is 0.348. The zero-order valence-electron chi connectivity index (χ0n) is 17.0. The summed E-state index contributed by atoms with van der Waals surface area (Å²) in [6.07, 6.45) is 3.92. The summed E-state index contributed by atoms with van der Waals surface area (Å²) in [6.45, 7) is 6.69. The molecule has 2 aromatic rings. The van der Waals surface area contributed by atoms with Crippen LogP contribution in [0.15, 0.2) is 54.4 Å². The van der Waals surface area contributed by atoms with Gasteiger partial charge in [0.25, 0.3) is 11.7 Å². The van der Waals surface area contributed by atoms with Gasteiger partial charge in [-0.25, -0.2) is 0 Å². The van der Waals surface area contributed by atoms with Gasteiger partial charge in [0.2, 0.25) is 0 Å². The van der Waals surface area contributed by atoms with Crippen molar-refractivity contribution in [1.82, 2.24) is 9.88 Å². The number of pyridine rings is 1. The van der Waals surface area contributed by atoms with Crippen molar-refractivity contribution < 1.29 is 19.4 Å². The Bertz CT molecular complexity index is 904. The molecule has 1 saturated heterocycles. The van der Waals surface area contributed by atoms with Crippen LogP contribution in [-0.2, 0) is 14.3 Å². The Kier molecular flexibility index (Phi) is 6.44. The summed E-state index contributed by atoms with van der Waals surface area (Å²) in [7, 11) is 0. The van der Waals surface area contributed by atoms with Crippen molar-refractivity contribution in [2.24, 2.45) is 0 Å². The van der Waals surface area contributed by atoms with Gasteiger partial charge >= 0.3 is 0 Å². The van der Waals surface area contributed by atoms with Gasteiger partial charge in [0.1, 0.15) is 5.76 Å². The highest BCUT2D eigenvalue weighted by Gasteiger charge is 2.45. The van der Waals surface area contributed by atoms with Gasteiger partial charge in [-0.15, -0.1) is 0 Å². The van der Waals surface area contributed by atoms with E-state index in [-0.39, 0.29) is 17.4 Å². The fourth-order valence-electron chi connectivity index (χ4n) is 3.42. The van der Waals surface area contributed by atoms with E-state index in [4.69, 9.17) is 4.74 Å². The molecule has 1 amide bonds. The number of hydrogen-bond donors (Lipinski definition) is 1. The number of amides is 1. The number of ether oxygens (including phenoxy) is 1. The lowest BCUT2D eigenvalue weighted by atomic mass is 9.95. The third-order valence-corrected chi connectivity index (χ3v) is 4.88. The van der Waals surface area contributed by atoms with Gasteiger partial charge in [0.15, 0.2) is 0 Å². The number of ketones is 1. The molecule has 1 aromatic carbocycles. The van der Waals surface area contributed by atoms with E-state index in [9.17, 15) is 14.7 Å². The molecule has 0 saturated carbocycles. The normalized spacial score (nSPS) is 18.6. The van der Waals surface area contributed by atoms with E-state index in [1.165, 1.54) is 4.90 Å². The molecule has 0 bridgehead atoms. The van der Waals surface area contributed by atoms with E-state index in [2.05, 4.69) is 4.98 Å². The Balaban J connectivity index is 1.99. The molecule has 1 atom stereocenters. The highest BCUT2D eigenvalue weighted by Crippen LogP contribution is 2.39. The van der Waals surface area contributed by atoms with Gasteiger partial charge in [-0.05, 0) is 44.9 Å². The summed E-state index contributed by atoms with van der Waals surface area (Å²) in [6, 6.07) is 10.1. The number of carbonyl (C=O) groups excluding carboxylic acids is 2. The van der Waals surface area contributed by atoms with Crippen molar-refractivity contribution in [3.05, 3.63) is 71.1 Å². The van der Waals surface area contributed by atoms with Crippen LogP contribution in [0.1, 0.15) is 43.0 Å². The SMILES string of the molecule is Cc1ccc(/C(O)=C2/C(=O)C(=O)N(CCCOC(C)C)C2c2ccncc2)cc1. The lowest BCUT2D eigenvalue weighted by Gasteiger charge is -2.25. The molecule has 6 nitrogen and oxygen atoms in total. The highest BCUT2D eigenvalue weighted by molar-refractivity contribution is 6.46. The molecule has 1 aliphatic heterocycles. The lowest BCUT2D eigenvalue weighted by Crippen LogP contribution is -2.31. The summed E-state index contributed by atoms with van der Waals surface area (Å²) in [5.41, 5.74) is 2.39. The molecule has 0 spiro atoms. The Morgan fingerprint density at radius 1 is 1.14 bits per heavy atom. The molecule has 1 aliphatic rings. The number of likely N-dealkylation sites (tertiary alicyclic amines) is 1. The van der Waals surface area contributed by atoms with Crippen LogP contribution in [0.4, 0.5) is 0 Å². The molecule has 1 aromatic heterocycles. The monoisotopic (exact) mass is 394 g/mol. The maximum atomic E-state index is 12.9. The fourth-order valence-corrected chi connectivity index (χ4v) is 3.42. The van der Waals surface area contributed by atoms with Gasteiger partial charge in [-0.2, -0.15) is 0 Å². The van der Waals surface area contributed by atoms with Crippen LogP contribution >= 0.6 is 0 Å². The maximum absolute atomic E-state index is 12.9. The van der Waals surface area contributed by atoms with Crippen LogP contribution in [0, 0.1) is 6.92 Å². The standard InChI is InChI=1S/C23H26N2O4/c1-15(2)29-14-4-13-25-20(17-9-11-24-12-10-17)19(22(27)23(25)28)21(26)18-7-5-16(3)6-8-18/h5-12,15,20,26H,4,13-14H2,1-3H3/b21-19-. The second kappa shape index (κ2) is 9.01. The molecule has 1 fully saturated rings. The first-order valence-electron chi connectivity index (χ1n) is 9.77. The zero-order valence-corrected chi connectivity index (χ0v) is 17.0. The highest BCUT2D eigenvalue weighted by atomic mass is 16.5. The second-order valence-corrected chi connectivity index (χ2v) is 7.41. The van der Waals surface area contributed by atoms with Gasteiger partial charge in [0.05, 0.1) is 17.7 Å². The average molecular weight is 394 g/mol. The van der Waals surface area contributed by atoms with Gasteiger partial charge < -0.3 is 14.7 Å². The molecular weight excluding hydrogens is 368 g/mol. The van der Waals surface area contributed by atoms with E-state index in [0.717, 1.165) is 11.1 Å². The number of nitrogens with zero attached hydrogens (tertiary/aromatic N) is 2. The minimum absolute atomic E-state index is 0.0999. The molecule has 1 unspecified atom stereocenters. The summed E-state index contributed by atoms with van der Waals surface area (Å²) in [5.74, 6) is -1.44. The number of benzene rings is 1. The number of aliphatic hydroxyl groups excluding tert-OH is 1. The second-order valence-electron chi connectivity index (χ2n) is 7.41. The smallest absolute Gasteiger partial charge is 0.295 e. The molecule has 2 heterocycles. The Morgan fingerprint density at radius 3 is 2.41 bits per heavy atom. The summed E-state index contributed by atoms with van der Waals surface area (Å²) in [4.78, 5) is 31.2. The Morgan fingerprint density at radius 2 is 1.79 bits per heavy atom. The van der Waals surface area contributed by atoms with Gasteiger partial charge in [-0.3, -0.25) is 14.6 Å². The maximum Gasteiger partial charge on any atom is 0.295 e. The van der Waals surface area contributed by atoms with Crippen molar-refractivity contribution in [3.8, 4) is 0 Å². The molecular formula is C23H26N2O4. The zero-order chi connectivity index (χ0) is 21.0. The van der Waals surface area contributed by atoms with Crippen molar-refractivity contribution >= 4 is 17.4 Å². The van der Waals surface area contributed by atoms with E-state index >= 15 is 0 Å². The minimum Gasteiger partial charge on any atom is -0.507 e. The molecule has 3 rings (SSSR count). The van der Waals surface area contributed by atoms with Crippen LogP contribution in [0.25, 0.3) is 5.76 Å². The van der Waals surface area contributed by atoms with Crippen LogP contribution in [0.2, 0.25) is 0 Å². The first-order valence-corrected chi connectivity index (χ1v) is 9.77. The van der Waals surface area contributed by atoms with E-state index in [1.54, 1.807) is 36.7 Å². The molecule has 29 heavy (non-hydrogen) atoms. The number of carbonyl (C=O) groups is 2. The number of Topliss-reactive ketones (excluding diaryl/α,β-unsaturated/α-hetero) is 1. The molecule has 1 N–H and O–H groups in total. The van der Waals surface area contributed by atoms with Crippen molar-refractivity contribution in [2.45, 2.75) is 39.3 Å². The predicted octanol–water partition coefficient (Wildman–Crippen LogP) is 3.63. The molecule has 0 radical (unpaired) electrons. The quantitative estimate of drug-likeness (QED) is 0.336. The number of hydrogen-bond acceptors (Lipinski definition) is 5. The molecule has 0 aliphatic carbocycles. The third-order valence-electron chi connectivity index (χ3n) is 4.88. The first-order chi connectivity index (χ1) is 13.9. The average Bonchev–Trinajstić information content (AvgIpc) is 2.96. The van der Waals surface area contributed by atoms with Crippen LogP contribution < -0.4 is 0 Å². The molecule has 152 valence electrons. The Hall–Kier alpha value is -2.99. The Labute approximate surface area is 170 Å². The van der Waals surface area contributed by atoms with Crippen molar-refractivity contribution in [1.29, 1.82) is 0 Å². The number of aliphatic hydroxyl groups is 1. The third kappa shape index (κ3) is 4.54. The number of aromatic nitrogens is 1. The largest absolute Gasteiger partial charge is 0.507 e. The molecule has 6 heteroatoms. The lowest BCUT2D eigenvalue weighted by molar-refractivity contribution is -0.140. The van der Waals surface area contributed by atoms with Crippen molar-refractivity contribution in [3.63, 3.8) is 0 Å². The number of aryl methyl sites for hydroxylation is 1. The van der Waals surface area contributed by atoms with Crippen LogP contribution in [-0.4, -0.2) is 45.9 Å². The summed E-state index contributed by atoms with van der Waals surface area (Å²) < 4.78 is 5.57. The van der Waals surface area contributed by atoms with Crippen LogP contribution in [0.5, 0.6) is 0 Å². The van der Waals surface area contributed by atoms with E-state index in [0.29, 0.717) is 25.1 Å². The van der Waals surface area contributed by atoms with E-state index < -0.39 is 17.7 Å². The first kappa shape index (κ1) is 20.7. The van der Waals surface area contributed by atoms with Gasteiger partial charge in [-0.1, -0.05) is 29.8 Å².